The Morgan fingerprint density at radius 1 is 1.27 bits per heavy atom. The van der Waals surface area contributed by atoms with Crippen molar-refractivity contribution in [2.45, 2.75) is 20.4 Å². The van der Waals surface area contributed by atoms with Gasteiger partial charge in [0, 0.05) is 6.54 Å². The van der Waals surface area contributed by atoms with Crippen LogP contribution in [0.25, 0.3) is 0 Å². The molecule has 0 saturated heterocycles. The van der Waals surface area contributed by atoms with E-state index in [2.05, 4.69) is 21.5 Å². The molecule has 2 N–H and O–H groups in total. The van der Waals surface area contributed by atoms with Gasteiger partial charge in [-0.15, -0.1) is 30.4 Å². The summed E-state index contributed by atoms with van der Waals surface area (Å²) in [5.74, 6) is 2.87. The summed E-state index contributed by atoms with van der Waals surface area (Å²) in [6.45, 7) is 5.83. The highest BCUT2D eigenvalue weighted by atomic mass is 127. The van der Waals surface area contributed by atoms with Crippen molar-refractivity contribution in [3.05, 3.63) is 35.4 Å². The molecule has 0 unspecified atom stereocenters. The highest BCUT2D eigenvalue weighted by Gasteiger charge is 2.05. The third-order valence-corrected chi connectivity index (χ3v) is 2.59. The Labute approximate surface area is 148 Å². The largest absolute Gasteiger partial charge is 0.462 e. The van der Waals surface area contributed by atoms with Crippen LogP contribution in [0.1, 0.15) is 29.8 Å². The first-order valence-corrected chi connectivity index (χ1v) is 6.93. The Kier molecular flexibility index (Phi) is 10.9. The average molecular weight is 415 g/mol. The number of halogens is 1. The Morgan fingerprint density at radius 3 is 2.50 bits per heavy atom. The van der Waals surface area contributed by atoms with Crippen LogP contribution in [0.15, 0.2) is 29.3 Å². The van der Waals surface area contributed by atoms with E-state index in [-0.39, 0.29) is 29.9 Å². The average Bonchev–Trinajstić information content (AvgIpc) is 2.51. The van der Waals surface area contributed by atoms with Crippen LogP contribution in [-0.2, 0) is 11.3 Å². The first-order chi connectivity index (χ1) is 10.2. The first kappa shape index (κ1) is 20.2. The third kappa shape index (κ3) is 7.31. The molecule has 0 aliphatic carbocycles. The Hall–Kier alpha value is -1.75. The fourth-order valence-corrected chi connectivity index (χ4v) is 1.61. The van der Waals surface area contributed by atoms with E-state index in [4.69, 9.17) is 11.2 Å². The number of ether oxygens (including phenoxy) is 1. The maximum atomic E-state index is 11.5. The summed E-state index contributed by atoms with van der Waals surface area (Å²) >= 11 is 0. The number of benzene rings is 1. The molecule has 120 valence electrons. The topological polar surface area (TPSA) is 62.7 Å². The molecule has 0 amide bonds. The van der Waals surface area contributed by atoms with Crippen molar-refractivity contribution < 1.29 is 9.53 Å². The van der Waals surface area contributed by atoms with Crippen molar-refractivity contribution in [2.75, 3.05) is 19.7 Å². The lowest BCUT2D eigenvalue weighted by molar-refractivity contribution is 0.0526. The molecular weight excluding hydrogens is 393 g/mol. The van der Waals surface area contributed by atoms with Crippen LogP contribution in [0, 0.1) is 12.3 Å². The van der Waals surface area contributed by atoms with Gasteiger partial charge in [0.15, 0.2) is 5.96 Å². The van der Waals surface area contributed by atoms with Gasteiger partial charge in [-0.2, -0.15) is 0 Å². The molecule has 0 aromatic heterocycles. The molecule has 0 aliphatic rings. The third-order valence-electron chi connectivity index (χ3n) is 2.59. The zero-order valence-corrected chi connectivity index (χ0v) is 15.2. The first-order valence-electron chi connectivity index (χ1n) is 6.93. The number of hydrogen-bond donors (Lipinski definition) is 2. The number of hydrogen-bond acceptors (Lipinski definition) is 3. The summed E-state index contributed by atoms with van der Waals surface area (Å²) in [5, 5.41) is 6.12. The van der Waals surface area contributed by atoms with Crippen LogP contribution in [0.2, 0.25) is 0 Å². The lowest BCUT2D eigenvalue weighted by Gasteiger charge is -2.09. The van der Waals surface area contributed by atoms with Gasteiger partial charge in [-0.25, -0.2) is 9.79 Å². The SMILES string of the molecule is C#CCNC(=NCc1ccc(C(=O)OCC)cc1)NCC.I. The van der Waals surface area contributed by atoms with Crippen LogP contribution in [0.4, 0.5) is 0 Å². The molecule has 0 aliphatic heterocycles. The van der Waals surface area contributed by atoms with Gasteiger partial charge < -0.3 is 15.4 Å². The molecule has 6 heteroatoms. The lowest BCUT2D eigenvalue weighted by atomic mass is 10.1. The smallest absolute Gasteiger partial charge is 0.338 e. The maximum absolute atomic E-state index is 11.5. The van der Waals surface area contributed by atoms with E-state index in [9.17, 15) is 4.79 Å². The predicted molar refractivity (Wildman–Crippen MR) is 99.5 cm³/mol. The molecule has 1 rings (SSSR count). The molecule has 0 fully saturated rings. The number of aliphatic imine (C=N–C) groups is 1. The van der Waals surface area contributed by atoms with Crippen LogP contribution in [-0.4, -0.2) is 31.6 Å². The van der Waals surface area contributed by atoms with E-state index in [0.29, 0.717) is 31.2 Å². The van der Waals surface area contributed by atoms with Crippen molar-refractivity contribution in [3.63, 3.8) is 0 Å². The second kappa shape index (κ2) is 11.9. The summed E-state index contributed by atoms with van der Waals surface area (Å²) in [6, 6.07) is 7.20. The maximum Gasteiger partial charge on any atom is 0.338 e. The van der Waals surface area contributed by atoms with Crippen molar-refractivity contribution >= 4 is 35.9 Å². The van der Waals surface area contributed by atoms with E-state index in [0.717, 1.165) is 12.1 Å². The molecule has 0 radical (unpaired) electrons. The molecule has 0 spiro atoms. The number of carbonyl (C=O) groups is 1. The highest BCUT2D eigenvalue weighted by Crippen LogP contribution is 2.07. The van der Waals surface area contributed by atoms with Crippen molar-refractivity contribution in [1.82, 2.24) is 10.6 Å². The molecule has 0 bridgehead atoms. The van der Waals surface area contributed by atoms with Crippen LogP contribution < -0.4 is 10.6 Å². The summed E-state index contributed by atoms with van der Waals surface area (Å²) in [4.78, 5) is 16.0. The molecule has 0 atom stereocenters. The highest BCUT2D eigenvalue weighted by molar-refractivity contribution is 14.0. The number of terminal acetylenes is 1. The lowest BCUT2D eigenvalue weighted by Crippen LogP contribution is -2.37. The summed E-state index contributed by atoms with van der Waals surface area (Å²) in [5.41, 5.74) is 1.54. The van der Waals surface area contributed by atoms with E-state index in [1.165, 1.54) is 0 Å². The number of nitrogens with one attached hydrogen (secondary N) is 2. The van der Waals surface area contributed by atoms with Crippen LogP contribution in [0.3, 0.4) is 0 Å². The van der Waals surface area contributed by atoms with Gasteiger partial charge in [0.1, 0.15) is 0 Å². The van der Waals surface area contributed by atoms with Gasteiger partial charge in [0.25, 0.3) is 0 Å². The predicted octanol–water partition coefficient (Wildman–Crippen LogP) is 2.17. The minimum atomic E-state index is -0.309. The fourth-order valence-electron chi connectivity index (χ4n) is 1.61. The van der Waals surface area contributed by atoms with Crippen LogP contribution >= 0.6 is 24.0 Å². The zero-order valence-electron chi connectivity index (χ0n) is 12.9. The number of nitrogens with zero attached hydrogens (tertiary/aromatic N) is 1. The molecule has 5 nitrogen and oxygen atoms in total. The van der Waals surface area contributed by atoms with Crippen molar-refractivity contribution in [3.8, 4) is 12.3 Å². The molecule has 0 saturated carbocycles. The molecule has 0 heterocycles. The Balaban J connectivity index is 0.00000441. The molecular formula is C16H22IN3O2. The van der Waals surface area contributed by atoms with Gasteiger partial charge in [-0.3, -0.25) is 0 Å². The van der Waals surface area contributed by atoms with Crippen molar-refractivity contribution in [2.24, 2.45) is 4.99 Å². The second-order valence-electron chi connectivity index (χ2n) is 4.17. The number of carbonyl (C=O) groups excluding carboxylic acids is 1. The van der Waals surface area contributed by atoms with E-state index >= 15 is 0 Å². The number of rotatable bonds is 6. The van der Waals surface area contributed by atoms with Crippen LogP contribution in [0.5, 0.6) is 0 Å². The molecule has 1 aromatic rings. The minimum absolute atomic E-state index is 0. The summed E-state index contributed by atoms with van der Waals surface area (Å²) in [6.07, 6.45) is 5.21. The summed E-state index contributed by atoms with van der Waals surface area (Å²) < 4.78 is 4.94. The van der Waals surface area contributed by atoms with E-state index in [1.807, 2.05) is 19.1 Å². The van der Waals surface area contributed by atoms with E-state index < -0.39 is 0 Å². The van der Waals surface area contributed by atoms with Gasteiger partial charge in [0.05, 0.1) is 25.3 Å². The number of guanidine groups is 1. The zero-order chi connectivity index (χ0) is 15.5. The van der Waals surface area contributed by atoms with Gasteiger partial charge in [0.2, 0.25) is 0 Å². The van der Waals surface area contributed by atoms with E-state index in [1.54, 1.807) is 19.1 Å². The van der Waals surface area contributed by atoms with Gasteiger partial charge in [-0.1, -0.05) is 18.1 Å². The van der Waals surface area contributed by atoms with Crippen molar-refractivity contribution in [1.29, 1.82) is 0 Å². The molecule has 1 aromatic carbocycles. The Bertz CT molecular complexity index is 521. The number of esters is 1. The second-order valence-corrected chi connectivity index (χ2v) is 4.17. The fraction of sp³-hybridized carbons (Fsp3) is 0.375. The quantitative estimate of drug-likeness (QED) is 0.246. The van der Waals surface area contributed by atoms with Gasteiger partial charge in [-0.05, 0) is 31.5 Å². The monoisotopic (exact) mass is 415 g/mol. The van der Waals surface area contributed by atoms with Gasteiger partial charge >= 0.3 is 5.97 Å². The standard InChI is InChI=1S/C16H21N3O2.HI/c1-4-11-18-16(17-5-2)19-12-13-7-9-14(10-8-13)15(20)21-6-3;/h1,7-10H,5-6,11-12H2,2-3H3,(H2,17,18,19);1H. The summed E-state index contributed by atoms with van der Waals surface area (Å²) in [7, 11) is 0. The molecule has 22 heavy (non-hydrogen) atoms. The minimum Gasteiger partial charge on any atom is -0.462 e. The normalized spacial score (nSPS) is 10.1. The Morgan fingerprint density at radius 2 is 1.95 bits per heavy atom.